The van der Waals surface area contributed by atoms with Crippen molar-refractivity contribution in [3.05, 3.63) is 58.7 Å². The number of nitrogens with one attached hydrogen (secondary N) is 2. The van der Waals surface area contributed by atoms with Gasteiger partial charge in [0.05, 0.1) is 17.6 Å². The van der Waals surface area contributed by atoms with E-state index in [1.165, 1.54) is 17.5 Å². The van der Waals surface area contributed by atoms with E-state index >= 15 is 0 Å². The van der Waals surface area contributed by atoms with E-state index in [1.54, 1.807) is 18.3 Å². The molecule has 0 spiro atoms. The van der Waals surface area contributed by atoms with Gasteiger partial charge >= 0.3 is 0 Å². The molecule has 160 valence electrons. The highest BCUT2D eigenvalue weighted by Gasteiger charge is 2.18. The van der Waals surface area contributed by atoms with Gasteiger partial charge in [0.25, 0.3) is 0 Å². The lowest BCUT2D eigenvalue weighted by molar-refractivity contribution is -0.117. The minimum Gasteiger partial charge on any atom is -0.309 e. The summed E-state index contributed by atoms with van der Waals surface area (Å²) in [4.78, 5) is 33.8. The second kappa shape index (κ2) is 10.3. The van der Waals surface area contributed by atoms with Crippen LogP contribution in [0.3, 0.4) is 0 Å². The number of anilines is 2. The molecule has 32 heavy (non-hydrogen) atoms. The first-order valence-corrected chi connectivity index (χ1v) is 10.7. The summed E-state index contributed by atoms with van der Waals surface area (Å²) in [6.45, 7) is 3.85. The van der Waals surface area contributed by atoms with Crippen molar-refractivity contribution in [2.24, 2.45) is 0 Å². The number of hydrogen-bond donors (Lipinski definition) is 2. The first kappa shape index (κ1) is 22.6. The van der Waals surface area contributed by atoms with Crippen LogP contribution in [0.5, 0.6) is 0 Å². The Labute approximate surface area is 189 Å². The van der Waals surface area contributed by atoms with Gasteiger partial charge in [-0.1, -0.05) is 31.2 Å². The molecule has 0 radical (unpaired) electrons. The second-order valence-corrected chi connectivity index (χ2v) is 8.05. The van der Waals surface area contributed by atoms with E-state index < -0.39 is 11.8 Å². The highest BCUT2D eigenvalue weighted by atomic mass is 32.1. The van der Waals surface area contributed by atoms with Gasteiger partial charge in [-0.2, -0.15) is 10.5 Å². The molecular weight excluding hydrogens is 424 g/mol. The van der Waals surface area contributed by atoms with Crippen molar-refractivity contribution in [3.8, 4) is 23.3 Å². The van der Waals surface area contributed by atoms with E-state index in [0.29, 0.717) is 10.7 Å². The van der Waals surface area contributed by atoms with Crippen LogP contribution in [-0.2, 0) is 16.0 Å². The number of nitriles is 2. The van der Waals surface area contributed by atoms with Gasteiger partial charge in [-0.15, -0.1) is 11.3 Å². The molecule has 3 rings (SSSR count). The van der Waals surface area contributed by atoms with E-state index in [0.717, 1.165) is 22.4 Å². The Kier molecular flexibility index (Phi) is 7.27. The molecule has 2 amide bonds. The number of carbonyl (C=O) groups excluding carboxylic acids is 2. The molecule has 3 aromatic rings. The molecule has 1 atom stereocenters. The SMILES string of the molecule is CCc1cnc(NC(=O)C(C)c2cccc(-c3cnc(NC(=O)CC#N)c(C#N)c3)c2)s1. The number of amides is 2. The number of aromatic nitrogens is 2. The number of rotatable bonds is 7. The minimum absolute atomic E-state index is 0.107. The molecule has 0 aliphatic carbocycles. The molecule has 0 aliphatic heterocycles. The molecule has 0 aliphatic rings. The van der Waals surface area contributed by atoms with Crippen LogP contribution in [0.4, 0.5) is 10.9 Å². The zero-order chi connectivity index (χ0) is 23.1. The number of hydrogen-bond acceptors (Lipinski definition) is 7. The zero-order valence-electron chi connectivity index (χ0n) is 17.5. The summed E-state index contributed by atoms with van der Waals surface area (Å²) in [7, 11) is 0. The zero-order valence-corrected chi connectivity index (χ0v) is 18.4. The molecule has 0 saturated carbocycles. The Hall–Kier alpha value is -4.08. The van der Waals surface area contributed by atoms with E-state index in [1.807, 2.05) is 44.2 Å². The summed E-state index contributed by atoms with van der Waals surface area (Å²) < 4.78 is 0. The third kappa shape index (κ3) is 5.34. The van der Waals surface area contributed by atoms with E-state index in [2.05, 4.69) is 20.6 Å². The first-order valence-electron chi connectivity index (χ1n) is 9.88. The van der Waals surface area contributed by atoms with Gasteiger partial charge in [0.1, 0.15) is 12.5 Å². The molecule has 1 unspecified atom stereocenters. The Balaban J connectivity index is 1.80. The highest BCUT2D eigenvalue weighted by molar-refractivity contribution is 7.15. The standard InChI is InChI=1S/C23H20N6O2S/c1-3-19-13-27-23(32-19)29-22(31)14(2)15-5-4-6-16(9-15)18-10-17(11-25)21(26-12-18)28-20(30)7-8-24/h4-6,9-10,12-14H,3,7H2,1-2H3,(H,26,28,30)(H,27,29,31). The minimum atomic E-state index is -0.530. The molecule has 0 bridgehead atoms. The predicted octanol–water partition coefficient (Wildman–Crippen LogP) is 4.23. The van der Waals surface area contributed by atoms with Gasteiger partial charge in [0, 0.05) is 22.8 Å². The fourth-order valence-corrected chi connectivity index (χ4v) is 3.69. The largest absolute Gasteiger partial charge is 0.309 e. The predicted molar refractivity (Wildman–Crippen MR) is 122 cm³/mol. The third-order valence-electron chi connectivity index (χ3n) is 4.75. The van der Waals surface area contributed by atoms with Crippen molar-refractivity contribution >= 4 is 34.1 Å². The van der Waals surface area contributed by atoms with Gasteiger partial charge in [0.2, 0.25) is 11.8 Å². The molecule has 0 fully saturated rings. The molecule has 1 aromatic carbocycles. The van der Waals surface area contributed by atoms with E-state index in [9.17, 15) is 14.9 Å². The number of pyridine rings is 1. The maximum Gasteiger partial charge on any atom is 0.239 e. The monoisotopic (exact) mass is 444 g/mol. The van der Waals surface area contributed by atoms with Crippen molar-refractivity contribution in [3.63, 3.8) is 0 Å². The number of thiazole rings is 1. The molecule has 9 heteroatoms. The number of aryl methyl sites for hydroxylation is 1. The van der Waals surface area contributed by atoms with Crippen LogP contribution in [0.25, 0.3) is 11.1 Å². The average molecular weight is 445 g/mol. The summed E-state index contributed by atoms with van der Waals surface area (Å²) in [5.41, 5.74) is 2.43. The lowest BCUT2D eigenvalue weighted by Gasteiger charge is -2.13. The summed E-state index contributed by atoms with van der Waals surface area (Å²) in [6.07, 6.45) is 3.84. The van der Waals surface area contributed by atoms with Crippen LogP contribution in [0.1, 0.15) is 42.2 Å². The maximum atomic E-state index is 12.7. The summed E-state index contributed by atoms with van der Waals surface area (Å²) in [6, 6.07) is 12.8. The van der Waals surface area contributed by atoms with Gasteiger partial charge < -0.3 is 10.6 Å². The number of carbonyl (C=O) groups is 2. The summed E-state index contributed by atoms with van der Waals surface area (Å²) in [5, 5.41) is 24.0. The Morgan fingerprint density at radius 2 is 1.94 bits per heavy atom. The summed E-state index contributed by atoms with van der Waals surface area (Å²) >= 11 is 1.46. The van der Waals surface area contributed by atoms with Crippen molar-refractivity contribution in [2.45, 2.75) is 32.6 Å². The Bertz CT molecular complexity index is 1240. The molecule has 0 saturated heterocycles. The smallest absolute Gasteiger partial charge is 0.239 e. The Morgan fingerprint density at radius 3 is 2.62 bits per heavy atom. The molecule has 2 aromatic heterocycles. The molecule has 2 heterocycles. The van der Waals surface area contributed by atoms with Crippen LogP contribution in [0.15, 0.2) is 42.7 Å². The van der Waals surface area contributed by atoms with Crippen LogP contribution >= 0.6 is 11.3 Å². The van der Waals surface area contributed by atoms with Crippen molar-refractivity contribution in [1.29, 1.82) is 10.5 Å². The van der Waals surface area contributed by atoms with Gasteiger partial charge in [0.15, 0.2) is 10.9 Å². The lowest BCUT2D eigenvalue weighted by Crippen LogP contribution is -2.18. The van der Waals surface area contributed by atoms with E-state index in [4.69, 9.17) is 5.26 Å². The average Bonchev–Trinajstić information content (AvgIpc) is 3.26. The van der Waals surface area contributed by atoms with E-state index in [-0.39, 0.29) is 23.7 Å². The van der Waals surface area contributed by atoms with Crippen molar-refractivity contribution in [2.75, 3.05) is 10.6 Å². The third-order valence-corrected chi connectivity index (χ3v) is 5.81. The Morgan fingerprint density at radius 1 is 1.12 bits per heavy atom. The van der Waals surface area contributed by atoms with Crippen LogP contribution < -0.4 is 10.6 Å². The van der Waals surface area contributed by atoms with Crippen LogP contribution in [0.2, 0.25) is 0 Å². The number of nitrogens with zero attached hydrogens (tertiary/aromatic N) is 4. The van der Waals surface area contributed by atoms with Gasteiger partial charge in [-0.05, 0) is 30.5 Å². The van der Waals surface area contributed by atoms with Crippen molar-refractivity contribution < 1.29 is 9.59 Å². The number of benzene rings is 1. The lowest BCUT2D eigenvalue weighted by atomic mass is 9.96. The quantitative estimate of drug-likeness (QED) is 0.560. The second-order valence-electron chi connectivity index (χ2n) is 6.94. The van der Waals surface area contributed by atoms with Crippen molar-refractivity contribution in [1.82, 2.24) is 9.97 Å². The van der Waals surface area contributed by atoms with Gasteiger partial charge in [-0.3, -0.25) is 9.59 Å². The molecule has 2 N–H and O–H groups in total. The summed E-state index contributed by atoms with van der Waals surface area (Å²) in [5.74, 6) is -1.00. The molecular formula is C23H20N6O2S. The van der Waals surface area contributed by atoms with Crippen LogP contribution in [0, 0.1) is 22.7 Å². The topological polar surface area (TPSA) is 132 Å². The highest BCUT2D eigenvalue weighted by Crippen LogP contribution is 2.27. The fraction of sp³-hybridized carbons (Fsp3) is 0.217. The molecule has 8 nitrogen and oxygen atoms in total. The maximum absolute atomic E-state index is 12.7. The normalized spacial score (nSPS) is 11.1. The fourth-order valence-electron chi connectivity index (χ4n) is 2.94. The first-order chi connectivity index (χ1) is 15.4. The van der Waals surface area contributed by atoms with Gasteiger partial charge in [-0.25, -0.2) is 9.97 Å². The van der Waals surface area contributed by atoms with Crippen LogP contribution in [-0.4, -0.2) is 21.8 Å².